The summed E-state index contributed by atoms with van der Waals surface area (Å²) in [5.74, 6) is -5.16. The van der Waals surface area contributed by atoms with E-state index >= 15 is 13.2 Å². The van der Waals surface area contributed by atoms with Gasteiger partial charge in [0, 0.05) is 44.8 Å². The minimum absolute atomic E-state index is 0.00565. The van der Waals surface area contributed by atoms with Crippen LogP contribution in [0.15, 0.2) is 11.0 Å². The molecule has 10 heteroatoms. The largest absolute Gasteiger partial charge is 0.462 e. The SMILES string of the molecule is CCOC(=O)c1cn(C2CC2)c2c(F)c(N3CCN(C(C)=O)C(C)C3)c(F)c(F)c2c1=O. The summed E-state index contributed by atoms with van der Waals surface area (Å²) in [6.07, 6.45) is 2.49. The number of aromatic nitrogens is 1. The van der Waals surface area contributed by atoms with Gasteiger partial charge in [-0.1, -0.05) is 0 Å². The first-order valence-electron chi connectivity index (χ1n) is 10.6. The van der Waals surface area contributed by atoms with Crippen molar-refractivity contribution < 1.29 is 27.5 Å². The van der Waals surface area contributed by atoms with E-state index in [2.05, 4.69) is 0 Å². The number of carbonyl (C=O) groups excluding carboxylic acids is 2. The maximum atomic E-state index is 15.8. The van der Waals surface area contributed by atoms with Crippen molar-refractivity contribution in [1.29, 1.82) is 0 Å². The van der Waals surface area contributed by atoms with E-state index in [1.54, 1.807) is 18.7 Å². The van der Waals surface area contributed by atoms with Crippen molar-refractivity contribution in [3.63, 3.8) is 0 Å². The number of benzene rings is 1. The molecule has 4 rings (SSSR count). The average molecular weight is 451 g/mol. The van der Waals surface area contributed by atoms with Crippen LogP contribution in [0.25, 0.3) is 10.9 Å². The van der Waals surface area contributed by atoms with Crippen LogP contribution in [0.1, 0.15) is 50.0 Å². The molecule has 1 atom stereocenters. The van der Waals surface area contributed by atoms with Gasteiger partial charge in [0.1, 0.15) is 11.3 Å². The van der Waals surface area contributed by atoms with E-state index in [-0.39, 0.29) is 49.7 Å². The van der Waals surface area contributed by atoms with E-state index in [4.69, 9.17) is 4.74 Å². The van der Waals surface area contributed by atoms with Gasteiger partial charge >= 0.3 is 5.97 Å². The van der Waals surface area contributed by atoms with Crippen LogP contribution in [0, 0.1) is 17.5 Å². The van der Waals surface area contributed by atoms with E-state index in [1.807, 2.05) is 0 Å². The molecule has 0 bridgehead atoms. The Morgan fingerprint density at radius 2 is 1.81 bits per heavy atom. The second-order valence-electron chi connectivity index (χ2n) is 8.25. The summed E-state index contributed by atoms with van der Waals surface area (Å²) in [4.78, 5) is 39.8. The molecular formula is C22H24F3N3O4. The number of nitrogens with zero attached hydrogens (tertiary/aromatic N) is 3. The van der Waals surface area contributed by atoms with Gasteiger partial charge in [-0.15, -0.1) is 0 Å². The predicted molar refractivity (Wildman–Crippen MR) is 111 cm³/mol. The second kappa shape index (κ2) is 8.14. The Morgan fingerprint density at radius 3 is 2.38 bits per heavy atom. The molecule has 1 aromatic carbocycles. The first-order chi connectivity index (χ1) is 15.2. The smallest absolute Gasteiger partial charge is 0.343 e. The minimum Gasteiger partial charge on any atom is -0.462 e. The van der Waals surface area contributed by atoms with Crippen LogP contribution in [-0.2, 0) is 9.53 Å². The molecule has 1 amide bonds. The number of pyridine rings is 1. The monoisotopic (exact) mass is 451 g/mol. The molecule has 2 heterocycles. The highest BCUT2D eigenvalue weighted by Gasteiger charge is 2.35. The standard InChI is InChI=1S/C22H24F3N3O4/c1-4-32-22(31)14-10-28(13-5-6-13)19-15(21(14)30)16(23)17(24)20(18(19)25)26-7-8-27(12(3)29)11(2)9-26/h10-11,13H,4-9H2,1-3H3. The Labute approximate surface area is 182 Å². The van der Waals surface area contributed by atoms with E-state index in [1.165, 1.54) is 22.6 Å². The summed E-state index contributed by atoms with van der Waals surface area (Å²) < 4.78 is 52.4. The molecule has 2 aromatic rings. The Hall–Kier alpha value is -3.04. The van der Waals surface area contributed by atoms with E-state index in [9.17, 15) is 14.4 Å². The van der Waals surface area contributed by atoms with Crippen LogP contribution in [-0.4, -0.2) is 53.6 Å². The number of amides is 1. The molecule has 2 fully saturated rings. The maximum Gasteiger partial charge on any atom is 0.343 e. The molecule has 2 aliphatic rings. The zero-order chi connectivity index (χ0) is 23.3. The van der Waals surface area contributed by atoms with Crippen LogP contribution in [0.3, 0.4) is 0 Å². The Balaban J connectivity index is 1.92. The highest BCUT2D eigenvalue weighted by molar-refractivity contribution is 5.95. The average Bonchev–Trinajstić information content (AvgIpc) is 3.57. The van der Waals surface area contributed by atoms with Crippen molar-refractivity contribution in [3.8, 4) is 0 Å². The number of halogens is 3. The molecule has 1 saturated heterocycles. The number of anilines is 1. The van der Waals surface area contributed by atoms with Crippen molar-refractivity contribution >= 4 is 28.5 Å². The van der Waals surface area contributed by atoms with E-state index < -0.39 is 45.5 Å². The van der Waals surface area contributed by atoms with Crippen molar-refractivity contribution in [2.45, 2.75) is 45.7 Å². The number of rotatable bonds is 4. The maximum absolute atomic E-state index is 15.8. The molecule has 1 saturated carbocycles. The molecule has 32 heavy (non-hydrogen) atoms. The lowest BCUT2D eigenvalue weighted by Gasteiger charge is -2.40. The second-order valence-corrected chi connectivity index (χ2v) is 8.25. The van der Waals surface area contributed by atoms with Crippen molar-refractivity contribution in [2.75, 3.05) is 31.1 Å². The zero-order valence-electron chi connectivity index (χ0n) is 18.1. The van der Waals surface area contributed by atoms with Gasteiger partial charge in [-0.3, -0.25) is 9.59 Å². The lowest BCUT2D eigenvalue weighted by atomic mass is 10.1. The molecule has 7 nitrogen and oxygen atoms in total. The third-order valence-electron chi connectivity index (χ3n) is 6.05. The van der Waals surface area contributed by atoms with Gasteiger partial charge in [0.2, 0.25) is 11.3 Å². The fraction of sp³-hybridized carbons (Fsp3) is 0.500. The first-order valence-corrected chi connectivity index (χ1v) is 10.6. The third kappa shape index (κ3) is 3.51. The Kier molecular flexibility index (Phi) is 5.64. The molecule has 0 N–H and O–H groups in total. The molecule has 1 aliphatic carbocycles. The van der Waals surface area contributed by atoms with Gasteiger partial charge < -0.3 is 19.1 Å². The summed E-state index contributed by atoms with van der Waals surface area (Å²) in [5.41, 5.74) is -2.49. The number of hydrogen-bond acceptors (Lipinski definition) is 5. The van der Waals surface area contributed by atoms with Crippen molar-refractivity contribution in [1.82, 2.24) is 9.47 Å². The molecule has 1 aromatic heterocycles. The summed E-state index contributed by atoms with van der Waals surface area (Å²) in [6, 6.07) is -0.567. The summed E-state index contributed by atoms with van der Waals surface area (Å²) in [7, 11) is 0. The Bertz CT molecular complexity index is 1180. The highest BCUT2D eigenvalue weighted by atomic mass is 19.2. The summed E-state index contributed by atoms with van der Waals surface area (Å²) in [5, 5.41) is -0.795. The molecule has 0 radical (unpaired) electrons. The lowest BCUT2D eigenvalue weighted by molar-refractivity contribution is -0.131. The quantitative estimate of drug-likeness (QED) is 0.528. The van der Waals surface area contributed by atoms with Gasteiger partial charge in [-0.25, -0.2) is 18.0 Å². The lowest BCUT2D eigenvalue weighted by Crippen LogP contribution is -2.54. The highest BCUT2D eigenvalue weighted by Crippen LogP contribution is 2.40. The first kappa shape index (κ1) is 22.2. The number of hydrogen-bond donors (Lipinski definition) is 0. The van der Waals surface area contributed by atoms with Crippen LogP contribution in [0.5, 0.6) is 0 Å². The van der Waals surface area contributed by atoms with Crippen LogP contribution in [0.4, 0.5) is 18.9 Å². The van der Waals surface area contributed by atoms with Gasteiger partial charge in [0.25, 0.3) is 0 Å². The number of ether oxygens (including phenoxy) is 1. The molecule has 1 aliphatic heterocycles. The zero-order valence-corrected chi connectivity index (χ0v) is 18.1. The van der Waals surface area contributed by atoms with Crippen molar-refractivity contribution in [2.24, 2.45) is 0 Å². The fourth-order valence-electron chi connectivity index (χ4n) is 4.38. The molecule has 172 valence electrons. The summed E-state index contributed by atoms with van der Waals surface area (Å²) in [6.45, 7) is 5.15. The number of piperazine rings is 1. The number of esters is 1. The third-order valence-corrected chi connectivity index (χ3v) is 6.05. The predicted octanol–water partition coefficient (Wildman–Crippen LogP) is 2.99. The van der Waals surface area contributed by atoms with Crippen LogP contribution >= 0.6 is 0 Å². The fourth-order valence-corrected chi connectivity index (χ4v) is 4.38. The Morgan fingerprint density at radius 1 is 1.12 bits per heavy atom. The summed E-state index contributed by atoms with van der Waals surface area (Å²) >= 11 is 0. The van der Waals surface area contributed by atoms with Gasteiger partial charge in [-0.2, -0.15) is 0 Å². The van der Waals surface area contributed by atoms with Crippen molar-refractivity contribution in [3.05, 3.63) is 39.4 Å². The van der Waals surface area contributed by atoms with Gasteiger partial charge in [0.05, 0.1) is 17.5 Å². The molecular weight excluding hydrogens is 427 g/mol. The van der Waals surface area contributed by atoms with Gasteiger partial charge in [-0.05, 0) is 26.7 Å². The van der Waals surface area contributed by atoms with E-state index in [0.717, 1.165) is 0 Å². The number of carbonyl (C=O) groups is 2. The normalized spacial score (nSPS) is 18.9. The van der Waals surface area contributed by atoms with Crippen LogP contribution in [0.2, 0.25) is 0 Å². The van der Waals surface area contributed by atoms with Crippen LogP contribution < -0.4 is 10.3 Å². The number of fused-ring (bicyclic) bond motifs is 1. The topological polar surface area (TPSA) is 71.8 Å². The molecule has 0 spiro atoms. The minimum atomic E-state index is -1.50. The molecule has 1 unspecified atom stereocenters. The van der Waals surface area contributed by atoms with E-state index in [0.29, 0.717) is 12.8 Å². The van der Waals surface area contributed by atoms with Gasteiger partial charge in [0.15, 0.2) is 17.5 Å².